The topological polar surface area (TPSA) is 51.6 Å². The first-order valence-electron chi connectivity index (χ1n) is 7.75. The lowest BCUT2D eigenvalue weighted by Gasteiger charge is -2.10. The number of ether oxygens (including phenoxy) is 2. The third-order valence-electron chi connectivity index (χ3n) is 3.58. The molecule has 1 heterocycles. The number of phenols is 1. The zero-order valence-corrected chi connectivity index (χ0v) is 14.5. The summed E-state index contributed by atoms with van der Waals surface area (Å²) < 4.78 is 10.6. The lowest BCUT2D eigenvalue weighted by molar-refractivity contribution is 0.401. The maximum absolute atomic E-state index is 10.3. The molecule has 0 aliphatic carbocycles. The van der Waals surface area contributed by atoms with Crippen molar-refractivity contribution in [2.75, 3.05) is 14.2 Å². The summed E-state index contributed by atoms with van der Waals surface area (Å²) in [6.45, 7) is 4.06. The van der Waals surface area contributed by atoms with Crippen LogP contribution >= 0.6 is 0 Å². The molecule has 4 nitrogen and oxygen atoms in total. The van der Waals surface area contributed by atoms with Crippen LogP contribution in [0.15, 0.2) is 42.1 Å². The maximum atomic E-state index is 10.3. The van der Waals surface area contributed by atoms with Gasteiger partial charge in [0.1, 0.15) is 17.2 Å². The minimum atomic E-state index is 0.227. The van der Waals surface area contributed by atoms with Gasteiger partial charge in [-0.25, -0.2) is 0 Å². The van der Waals surface area contributed by atoms with Crippen molar-refractivity contribution in [2.24, 2.45) is 0 Å². The van der Waals surface area contributed by atoms with Crippen LogP contribution in [0.5, 0.6) is 17.2 Å². The summed E-state index contributed by atoms with van der Waals surface area (Å²) in [5.74, 6) is 1.65. The fourth-order valence-corrected chi connectivity index (χ4v) is 2.27. The fourth-order valence-electron chi connectivity index (χ4n) is 2.27. The van der Waals surface area contributed by atoms with Crippen LogP contribution in [0, 0.1) is 0 Å². The summed E-state index contributed by atoms with van der Waals surface area (Å²) in [4.78, 5) is 4.27. The predicted octanol–water partition coefficient (Wildman–Crippen LogP) is 4.48. The van der Waals surface area contributed by atoms with E-state index in [2.05, 4.69) is 11.1 Å². The smallest absolute Gasteiger partial charge is 0.126 e. The van der Waals surface area contributed by atoms with Crippen LogP contribution in [0.4, 0.5) is 0 Å². The number of aromatic nitrogens is 1. The molecule has 4 heteroatoms. The number of pyridine rings is 1. The number of rotatable bonds is 6. The molecule has 24 heavy (non-hydrogen) atoms. The molecule has 0 spiro atoms. The van der Waals surface area contributed by atoms with Gasteiger partial charge in [0.2, 0.25) is 0 Å². The molecule has 0 radical (unpaired) electrons. The summed E-state index contributed by atoms with van der Waals surface area (Å²) in [5, 5.41) is 10.3. The first kappa shape index (κ1) is 17.6. The molecule has 0 bridgehead atoms. The second-order valence-corrected chi connectivity index (χ2v) is 5.66. The summed E-state index contributed by atoms with van der Waals surface area (Å²) in [6, 6.07) is 7.28. The molecular weight excluding hydrogens is 302 g/mol. The summed E-state index contributed by atoms with van der Waals surface area (Å²) in [7, 11) is 3.23. The molecule has 2 rings (SSSR count). The van der Waals surface area contributed by atoms with Gasteiger partial charge in [0.15, 0.2) is 0 Å². The summed E-state index contributed by atoms with van der Waals surface area (Å²) in [6.07, 6.45) is 8.15. The van der Waals surface area contributed by atoms with Crippen LogP contribution in [-0.2, 0) is 6.42 Å². The van der Waals surface area contributed by atoms with Crippen molar-refractivity contribution in [1.82, 2.24) is 4.98 Å². The predicted molar refractivity (Wildman–Crippen MR) is 97.5 cm³/mol. The second kappa shape index (κ2) is 8.20. The number of phenolic OH excluding ortho intramolecular Hbond substituents is 1. The van der Waals surface area contributed by atoms with Gasteiger partial charge in [0.05, 0.1) is 19.9 Å². The van der Waals surface area contributed by atoms with E-state index in [1.54, 1.807) is 32.5 Å². The molecular formula is C20H23NO3. The van der Waals surface area contributed by atoms with Crippen LogP contribution in [0.2, 0.25) is 0 Å². The van der Waals surface area contributed by atoms with E-state index in [-0.39, 0.29) is 5.75 Å². The molecule has 126 valence electrons. The number of benzene rings is 1. The van der Waals surface area contributed by atoms with Crippen molar-refractivity contribution in [2.45, 2.75) is 20.3 Å². The van der Waals surface area contributed by atoms with Gasteiger partial charge in [0, 0.05) is 17.8 Å². The zero-order valence-electron chi connectivity index (χ0n) is 14.5. The second-order valence-electron chi connectivity index (χ2n) is 5.66. The number of hydrogen-bond donors (Lipinski definition) is 1. The van der Waals surface area contributed by atoms with Crippen molar-refractivity contribution in [1.29, 1.82) is 0 Å². The molecule has 0 fully saturated rings. The van der Waals surface area contributed by atoms with Gasteiger partial charge in [-0.05, 0) is 50.1 Å². The van der Waals surface area contributed by atoms with E-state index in [9.17, 15) is 5.11 Å². The van der Waals surface area contributed by atoms with E-state index in [4.69, 9.17) is 9.47 Å². The standard InChI is InChI=1S/C20H23NO3/c1-14(2)5-8-18-19(22)11-15(12-20(18)24-4)6-7-16-13-17(23-3)9-10-21-16/h5-7,9-13,22H,8H2,1-4H3/b7-6+. The van der Waals surface area contributed by atoms with Gasteiger partial charge >= 0.3 is 0 Å². The van der Waals surface area contributed by atoms with Gasteiger partial charge in [-0.2, -0.15) is 0 Å². The van der Waals surface area contributed by atoms with Crippen molar-refractivity contribution >= 4 is 12.2 Å². The molecule has 1 aromatic carbocycles. The van der Waals surface area contributed by atoms with Crippen LogP contribution in [-0.4, -0.2) is 24.3 Å². The number of nitrogens with zero attached hydrogens (tertiary/aromatic N) is 1. The highest BCUT2D eigenvalue weighted by molar-refractivity contribution is 5.71. The van der Waals surface area contributed by atoms with E-state index in [1.165, 1.54) is 5.57 Å². The average Bonchev–Trinajstić information content (AvgIpc) is 2.58. The largest absolute Gasteiger partial charge is 0.507 e. The van der Waals surface area contributed by atoms with Gasteiger partial charge in [-0.15, -0.1) is 0 Å². The van der Waals surface area contributed by atoms with Crippen LogP contribution < -0.4 is 9.47 Å². The van der Waals surface area contributed by atoms with Crippen molar-refractivity contribution in [3.63, 3.8) is 0 Å². The zero-order chi connectivity index (χ0) is 17.5. The average molecular weight is 325 g/mol. The van der Waals surface area contributed by atoms with Crippen LogP contribution in [0.3, 0.4) is 0 Å². The molecule has 0 aliphatic heterocycles. The molecule has 1 N–H and O–H groups in total. The van der Waals surface area contributed by atoms with Crippen molar-refractivity contribution in [3.05, 3.63) is 58.9 Å². The molecule has 0 unspecified atom stereocenters. The molecule has 0 saturated heterocycles. The fraction of sp³-hybridized carbons (Fsp3) is 0.250. The van der Waals surface area contributed by atoms with Gasteiger partial charge in [-0.1, -0.05) is 17.7 Å². The maximum Gasteiger partial charge on any atom is 0.126 e. The van der Waals surface area contributed by atoms with Crippen LogP contribution in [0.1, 0.15) is 30.7 Å². The van der Waals surface area contributed by atoms with Crippen molar-refractivity contribution in [3.8, 4) is 17.2 Å². The Morgan fingerprint density at radius 2 is 1.92 bits per heavy atom. The highest BCUT2D eigenvalue weighted by Crippen LogP contribution is 2.31. The van der Waals surface area contributed by atoms with Gasteiger partial charge in [-0.3, -0.25) is 4.98 Å². The normalized spacial score (nSPS) is 10.7. The van der Waals surface area contributed by atoms with Crippen LogP contribution in [0.25, 0.3) is 12.2 Å². The van der Waals surface area contributed by atoms with E-state index < -0.39 is 0 Å². The number of hydrogen-bond acceptors (Lipinski definition) is 4. The SMILES string of the molecule is COc1ccnc(/C=C/c2cc(O)c(CC=C(C)C)c(OC)c2)c1. The monoisotopic (exact) mass is 325 g/mol. The van der Waals surface area contributed by atoms with E-state index in [0.717, 1.165) is 22.6 Å². The Hall–Kier alpha value is -2.75. The number of allylic oxidation sites excluding steroid dienone is 2. The Morgan fingerprint density at radius 3 is 2.58 bits per heavy atom. The highest BCUT2D eigenvalue weighted by atomic mass is 16.5. The first-order chi connectivity index (χ1) is 11.5. The molecule has 0 amide bonds. The Kier molecular flexibility index (Phi) is 6.01. The number of aromatic hydroxyl groups is 1. The Labute approximate surface area is 143 Å². The Balaban J connectivity index is 2.29. The lowest BCUT2D eigenvalue weighted by Crippen LogP contribution is -1.93. The quantitative estimate of drug-likeness (QED) is 0.795. The van der Waals surface area contributed by atoms with E-state index in [1.807, 2.05) is 38.1 Å². The molecule has 0 saturated carbocycles. The minimum absolute atomic E-state index is 0.227. The third kappa shape index (κ3) is 4.62. The number of methoxy groups -OCH3 is 2. The summed E-state index contributed by atoms with van der Waals surface area (Å²) >= 11 is 0. The molecule has 2 aromatic rings. The summed E-state index contributed by atoms with van der Waals surface area (Å²) in [5.41, 5.74) is 3.61. The van der Waals surface area contributed by atoms with E-state index >= 15 is 0 Å². The van der Waals surface area contributed by atoms with Crippen molar-refractivity contribution < 1.29 is 14.6 Å². The van der Waals surface area contributed by atoms with Gasteiger partial charge < -0.3 is 14.6 Å². The minimum Gasteiger partial charge on any atom is -0.507 e. The Morgan fingerprint density at radius 1 is 1.12 bits per heavy atom. The lowest BCUT2D eigenvalue weighted by atomic mass is 10.0. The molecule has 0 atom stereocenters. The molecule has 0 aliphatic rings. The molecule has 1 aromatic heterocycles. The van der Waals surface area contributed by atoms with Gasteiger partial charge in [0.25, 0.3) is 0 Å². The van der Waals surface area contributed by atoms with E-state index in [0.29, 0.717) is 12.2 Å². The third-order valence-corrected chi connectivity index (χ3v) is 3.58. The first-order valence-corrected chi connectivity index (χ1v) is 7.75. The Bertz CT molecular complexity index is 759. The highest BCUT2D eigenvalue weighted by Gasteiger charge is 2.09.